The van der Waals surface area contributed by atoms with Crippen LogP contribution in [0.15, 0.2) is 128 Å². The number of carbonyl (C=O) groups excluding carboxylic acids is 2. The van der Waals surface area contributed by atoms with Gasteiger partial charge in [0, 0.05) is 49.2 Å². The molecule has 54 heavy (non-hydrogen) atoms. The van der Waals surface area contributed by atoms with Crippen molar-refractivity contribution in [2.45, 2.75) is 65.2 Å². The Balaban J connectivity index is 0.000000208. The van der Waals surface area contributed by atoms with Crippen molar-refractivity contribution in [3.63, 3.8) is 0 Å². The summed E-state index contributed by atoms with van der Waals surface area (Å²) in [4.78, 5) is 37.3. The minimum absolute atomic E-state index is 0.0336. The van der Waals surface area contributed by atoms with Crippen LogP contribution >= 0.6 is 0 Å². The van der Waals surface area contributed by atoms with Crippen molar-refractivity contribution in [3.05, 3.63) is 139 Å². The number of rotatable bonds is 16. The first-order valence-corrected chi connectivity index (χ1v) is 19.3. The molecule has 280 valence electrons. The number of anilines is 3. The first-order chi connectivity index (χ1) is 26.4. The number of aromatic nitrogens is 2. The molecule has 8 nitrogen and oxygen atoms in total. The molecular formula is C46H54N6O2. The molecule has 0 saturated carbocycles. The summed E-state index contributed by atoms with van der Waals surface area (Å²) in [5, 5.41) is 8.80. The fourth-order valence-electron chi connectivity index (χ4n) is 6.45. The van der Waals surface area contributed by atoms with E-state index in [1.54, 1.807) is 17.4 Å². The van der Waals surface area contributed by atoms with Gasteiger partial charge < -0.3 is 10.2 Å². The number of benzene rings is 4. The van der Waals surface area contributed by atoms with Crippen molar-refractivity contribution in [1.82, 2.24) is 15.0 Å². The van der Waals surface area contributed by atoms with Gasteiger partial charge in [-0.3, -0.25) is 19.6 Å². The molecule has 1 N–H and O–H groups in total. The Hall–Kier alpha value is -5.60. The molecule has 4 aromatic carbocycles. The summed E-state index contributed by atoms with van der Waals surface area (Å²) in [5.74, 6) is -0.145. The highest BCUT2D eigenvalue weighted by Gasteiger charge is 2.22. The van der Waals surface area contributed by atoms with Crippen LogP contribution in [0.4, 0.5) is 17.1 Å². The molecule has 0 radical (unpaired) electrons. The van der Waals surface area contributed by atoms with Gasteiger partial charge in [-0.2, -0.15) is 0 Å². The van der Waals surface area contributed by atoms with Crippen LogP contribution in [0.1, 0.15) is 85.9 Å². The third kappa shape index (κ3) is 11.0. The highest BCUT2D eigenvalue weighted by Crippen LogP contribution is 2.25. The van der Waals surface area contributed by atoms with Crippen molar-refractivity contribution in [3.8, 4) is 0 Å². The van der Waals surface area contributed by atoms with Gasteiger partial charge in [-0.25, -0.2) is 10.0 Å². The predicted octanol–water partition coefficient (Wildman–Crippen LogP) is 10.8. The molecule has 2 amide bonds. The zero-order chi connectivity index (χ0) is 38.1. The molecule has 0 spiro atoms. The molecule has 0 aliphatic rings. The lowest BCUT2D eigenvalue weighted by atomic mass is 10.1. The number of nitrogens with zero attached hydrogens (tertiary/aromatic N) is 5. The van der Waals surface area contributed by atoms with E-state index in [2.05, 4.69) is 34.0 Å². The molecule has 0 aliphatic carbocycles. The number of pyridine rings is 2. The fourth-order valence-corrected chi connectivity index (χ4v) is 6.45. The smallest absolute Gasteiger partial charge is 0.272 e. The quantitative estimate of drug-likeness (QED) is 0.0791. The van der Waals surface area contributed by atoms with Gasteiger partial charge in [0.2, 0.25) is 0 Å². The first kappa shape index (κ1) is 39.6. The highest BCUT2D eigenvalue weighted by molar-refractivity contribution is 6.08. The van der Waals surface area contributed by atoms with E-state index >= 15 is 0 Å². The molecule has 0 bridgehead atoms. The van der Waals surface area contributed by atoms with E-state index in [0.717, 1.165) is 59.1 Å². The van der Waals surface area contributed by atoms with Crippen molar-refractivity contribution in [1.29, 1.82) is 0 Å². The Morgan fingerprint density at radius 2 is 1.19 bits per heavy atom. The molecule has 0 saturated heterocycles. The number of amides is 2. The highest BCUT2D eigenvalue weighted by atomic mass is 16.2. The van der Waals surface area contributed by atoms with Crippen molar-refractivity contribution < 1.29 is 9.59 Å². The summed E-state index contributed by atoms with van der Waals surface area (Å²) < 4.78 is 0. The number of nitrogens with one attached hydrogen (secondary N) is 1. The second-order valence-electron chi connectivity index (χ2n) is 13.7. The Morgan fingerprint density at radius 1 is 0.611 bits per heavy atom. The normalized spacial score (nSPS) is 10.9. The molecule has 6 aromatic rings. The van der Waals surface area contributed by atoms with E-state index in [4.69, 9.17) is 0 Å². The number of fused-ring (bicyclic) bond motifs is 2. The third-order valence-corrected chi connectivity index (χ3v) is 9.47. The van der Waals surface area contributed by atoms with Crippen LogP contribution in [-0.2, 0) is 0 Å². The first-order valence-electron chi connectivity index (χ1n) is 19.3. The topological polar surface area (TPSA) is 81.7 Å². The van der Waals surface area contributed by atoms with Crippen LogP contribution in [0.5, 0.6) is 0 Å². The lowest BCUT2D eigenvalue weighted by Gasteiger charge is -2.32. The zero-order valence-corrected chi connectivity index (χ0v) is 32.2. The van der Waals surface area contributed by atoms with E-state index in [0.29, 0.717) is 16.8 Å². The van der Waals surface area contributed by atoms with Gasteiger partial charge in [-0.15, -0.1) is 0 Å². The minimum atomic E-state index is -0.111. The Morgan fingerprint density at radius 3 is 1.91 bits per heavy atom. The summed E-state index contributed by atoms with van der Waals surface area (Å²) in [6.45, 7) is 6.18. The molecule has 0 atom stereocenters. The van der Waals surface area contributed by atoms with Crippen LogP contribution < -0.4 is 15.2 Å². The third-order valence-electron chi connectivity index (χ3n) is 9.47. The molecule has 8 heteroatoms. The molecule has 2 aromatic heterocycles. The van der Waals surface area contributed by atoms with Crippen LogP contribution in [0, 0.1) is 0 Å². The van der Waals surface area contributed by atoms with Crippen LogP contribution in [-0.4, -0.2) is 54.0 Å². The zero-order valence-electron chi connectivity index (χ0n) is 32.2. The summed E-state index contributed by atoms with van der Waals surface area (Å²) in [6.07, 6.45) is 13.0. The van der Waals surface area contributed by atoms with Gasteiger partial charge in [0.15, 0.2) is 0 Å². The molecular weight excluding hydrogens is 669 g/mol. The maximum Gasteiger partial charge on any atom is 0.272 e. The van der Waals surface area contributed by atoms with Crippen molar-refractivity contribution in [2.75, 3.05) is 42.4 Å². The van der Waals surface area contributed by atoms with Gasteiger partial charge >= 0.3 is 0 Å². The second-order valence-corrected chi connectivity index (χ2v) is 13.7. The fraction of sp³-hybridized carbons (Fsp3) is 0.304. The van der Waals surface area contributed by atoms with E-state index < -0.39 is 0 Å². The Kier molecular flexibility index (Phi) is 15.1. The van der Waals surface area contributed by atoms with E-state index in [-0.39, 0.29) is 11.8 Å². The lowest BCUT2D eigenvalue weighted by molar-refractivity contribution is 0.0912. The van der Waals surface area contributed by atoms with E-state index in [9.17, 15) is 9.59 Å². The average Bonchev–Trinajstić information content (AvgIpc) is 3.21. The van der Waals surface area contributed by atoms with E-state index in [1.807, 2.05) is 134 Å². The number of hydrogen-bond acceptors (Lipinski definition) is 6. The number of hydrogen-bond donors (Lipinski definition) is 1. The second kappa shape index (κ2) is 20.6. The van der Waals surface area contributed by atoms with Crippen LogP contribution in [0.2, 0.25) is 0 Å². The number of carbonyl (C=O) groups is 2. The summed E-state index contributed by atoms with van der Waals surface area (Å²) >= 11 is 0. The number of para-hydroxylation sites is 3. The van der Waals surface area contributed by atoms with Gasteiger partial charge in [0.05, 0.1) is 40.4 Å². The largest absolute Gasteiger partial charge is 0.374 e. The summed E-state index contributed by atoms with van der Waals surface area (Å²) in [6, 6.07) is 37.0. The lowest BCUT2D eigenvalue weighted by Crippen LogP contribution is -2.45. The predicted molar refractivity (Wildman–Crippen MR) is 225 cm³/mol. The Labute approximate surface area is 320 Å². The molecule has 2 heterocycles. The van der Waals surface area contributed by atoms with Crippen molar-refractivity contribution in [2.24, 2.45) is 0 Å². The van der Waals surface area contributed by atoms with Gasteiger partial charge in [-0.1, -0.05) is 119 Å². The standard InChI is InChI=1S/C24H29N3O.C22H25N3O/c1-3-4-5-6-12-17-26(2)27(24(28)20-13-8-7-9-14-20)22-18-21-15-10-11-16-23(21)25-19-22;1-3-4-9-14-25(2)21-13-8-6-11-19(21)22(26)24-18-15-17-10-5-7-12-20(17)23-16-18/h7-11,13-16,18-19H,3-6,12,17H2,1-2H3;5-8,10-13,15-16H,3-4,9,14H2,1-2H3,(H,24,26). The van der Waals surface area contributed by atoms with Crippen LogP contribution in [0.3, 0.4) is 0 Å². The van der Waals surface area contributed by atoms with Gasteiger partial charge in [-0.05, 0) is 61.4 Å². The number of unbranched alkanes of at least 4 members (excludes halogenated alkanes) is 6. The van der Waals surface area contributed by atoms with Gasteiger partial charge in [0.25, 0.3) is 11.8 Å². The molecule has 0 aliphatic heterocycles. The average molecular weight is 723 g/mol. The SMILES string of the molecule is CCCCCCCN(C)N(C(=O)c1ccccc1)c1cnc2ccccc2c1.CCCCCN(C)c1ccccc1C(=O)Nc1cnc2ccccc2c1. The van der Waals surface area contributed by atoms with Gasteiger partial charge in [0.1, 0.15) is 0 Å². The molecule has 6 rings (SSSR count). The molecule has 0 fully saturated rings. The Bertz CT molecular complexity index is 2090. The van der Waals surface area contributed by atoms with Crippen LogP contribution in [0.25, 0.3) is 21.8 Å². The van der Waals surface area contributed by atoms with E-state index in [1.165, 1.54) is 38.5 Å². The maximum absolute atomic E-state index is 13.3. The number of hydrazine groups is 1. The molecule has 0 unspecified atom stereocenters. The monoisotopic (exact) mass is 722 g/mol. The van der Waals surface area contributed by atoms with Crippen molar-refractivity contribution >= 4 is 50.7 Å². The summed E-state index contributed by atoms with van der Waals surface area (Å²) in [7, 11) is 4.02. The summed E-state index contributed by atoms with van der Waals surface area (Å²) in [5.41, 5.74) is 5.66. The maximum atomic E-state index is 13.3. The minimum Gasteiger partial charge on any atom is -0.374 e.